The topological polar surface area (TPSA) is 626 Å². The van der Waals surface area contributed by atoms with Gasteiger partial charge in [-0.1, -0.05) is 0 Å². The number of carbonyl (C=O) groups is 14. The van der Waals surface area contributed by atoms with Gasteiger partial charge in [-0.05, 0) is 90.2 Å². The summed E-state index contributed by atoms with van der Waals surface area (Å²) in [7, 11) is 0. The number of phenolic OH excluding ortho intramolecular Hbond substituents is 1. The Morgan fingerprint density at radius 3 is 1.86 bits per heavy atom. The number of pyridine rings is 1. The number of hydroxylamine groups is 4. The number of Topliss-reactive ketones (excluding diaryl/α,β-unsaturated/α-hetero) is 1. The molecule has 0 aromatic carbocycles. The van der Waals surface area contributed by atoms with Crippen molar-refractivity contribution in [1.82, 2.24) is 62.5 Å². The number of carbonyl (C=O) groups excluding carboxylic acids is 13. The van der Waals surface area contributed by atoms with Crippen molar-refractivity contribution < 1.29 is 108 Å². The zero-order chi connectivity index (χ0) is 71.5. The minimum atomic E-state index is -1.98. The van der Waals surface area contributed by atoms with Crippen LogP contribution in [0.1, 0.15) is 96.9 Å². The van der Waals surface area contributed by atoms with Gasteiger partial charge in [-0.25, -0.2) is 14.9 Å². The number of aliphatic carboxylic acids is 1. The molecule has 4 aliphatic rings. The predicted molar refractivity (Wildman–Crippen MR) is 329 cm³/mol. The zero-order valence-electron chi connectivity index (χ0n) is 52.3. The maximum atomic E-state index is 14.4. The summed E-state index contributed by atoms with van der Waals surface area (Å²) in [6.45, 7) is -1.13. The summed E-state index contributed by atoms with van der Waals surface area (Å²) in [6, 6.07) is -12.0. The Kier molecular flexibility index (Phi) is 31.2. The van der Waals surface area contributed by atoms with Gasteiger partial charge in [-0.2, -0.15) is 0 Å². The van der Waals surface area contributed by atoms with E-state index in [1.807, 2.05) is 0 Å². The van der Waals surface area contributed by atoms with E-state index in [0.29, 0.717) is 0 Å². The highest BCUT2D eigenvalue weighted by Gasteiger charge is 2.39. The van der Waals surface area contributed by atoms with Gasteiger partial charge in [0.25, 0.3) is 0 Å². The molecule has 0 radical (unpaired) electrons. The quantitative estimate of drug-likeness (QED) is 0.00600. The molecule has 0 aromatic heterocycles. The number of nitrogens with two attached hydrogens (primary N) is 2. The SMILES string of the molecule is CC(O)C1NC(=O)C(CCCN(O)C=O)NC(=O)C(NC(=O)C(CCCN(O)C=O)NC(=O)C(CO)NC(=O)C(CCCN=C(N)N)NC(=O)C(CO)NC(=O)C2CCNc3c(NC(=O)CCC(=O)C(=O)O)cc4cc(O)c(=O)cc-4n32)CCCCNC(=O)C(C(C)O)NC1=O. The van der Waals surface area contributed by atoms with E-state index in [4.69, 9.17) is 16.6 Å². The van der Waals surface area contributed by atoms with E-state index >= 15 is 0 Å². The van der Waals surface area contributed by atoms with Crippen LogP contribution in [0.3, 0.4) is 0 Å². The Hall–Kier alpha value is -10.2. The molecule has 0 aromatic rings. The molecule has 3 aliphatic heterocycles. The summed E-state index contributed by atoms with van der Waals surface area (Å²) >= 11 is 0. The van der Waals surface area contributed by atoms with Crippen LogP contribution >= 0.6 is 0 Å². The van der Waals surface area contributed by atoms with Crippen molar-refractivity contribution in [2.45, 2.75) is 157 Å². The maximum absolute atomic E-state index is 14.4. The number of carboxylic acids is 1. The van der Waals surface area contributed by atoms with Gasteiger partial charge in [-0.3, -0.25) is 82.5 Å². The summed E-state index contributed by atoms with van der Waals surface area (Å²) in [5, 5.41) is 108. The number of hydrogen-bond acceptors (Lipinski definition) is 24. The second-order valence-electron chi connectivity index (χ2n) is 22.4. The average molecular weight is 1360 g/mol. The fraction of sp³-hybridized carbons (Fsp3) is 0.571. The molecular formula is C56H83N17O23. The second-order valence-corrected chi connectivity index (χ2v) is 22.4. The number of aliphatic hydroxyl groups excluding tert-OH is 4. The molecule has 23 N–H and O–H groups in total. The van der Waals surface area contributed by atoms with E-state index in [1.165, 1.54) is 17.6 Å². The van der Waals surface area contributed by atoms with Crippen molar-refractivity contribution in [1.29, 1.82) is 0 Å². The van der Waals surface area contributed by atoms with Gasteiger partial charge in [0.05, 0.1) is 36.8 Å². The lowest BCUT2D eigenvalue weighted by molar-refractivity contribution is -0.150. The standard InChI is InChI=1S/C56H83N17O23/c1-27(78)43-53(91)60-15-4-3-8-30(46(84)64-33(11-7-19-72(96)26-77)49(87)69-44(28(2)79)54(92)70-43)63-47(85)32(10-6-18-71(95)25-76)66-50(88)35(23-74)67-48(86)31(9-5-16-61-56(57)58)65-51(89)36(24-75)68-52(90)37-14-17-59-45-34(62-42(83)13-12-39(80)55(93)94)20-29-21-40(81)41(82)22-38(29)73(37)45/h20-22,25-28,30-33,35-37,43-44,59,74-75,78-79,81,95-96H,3-19,23-24H2,1-2H3,(H,60,91)(H,62,83)(H,63,85)(H,64,84)(H,65,89)(H,66,88)(H,67,86)(H,68,90)(H,69,87)(H,70,92)(H,93,94)(H4,57,58,61). The lowest BCUT2D eigenvalue weighted by Crippen LogP contribution is -2.62. The first-order chi connectivity index (χ1) is 45.4. The molecule has 1 fully saturated rings. The Morgan fingerprint density at radius 1 is 0.688 bits per heavy atom. The Bertz CT molecular complexity index is 3200. The number of rotatable bonds is 33. The van der Waals surface area contributed by atoms with Gasteiger partial charge in [0.15, 0.2) is 11.7 Å². The lowest BCUT2D eigenvalue weighted by atomic mass is 10.0. The number of phenols is 1. The largest absolute Gasteiger partial charge is 0.504 e. The van der Waals surface area contributed by atoms with Crippen molar-refractivity contribution in [2.24, 2.45) is 16.5 Å². The van der Waals surface area contributed by atoms with E-state index in [2.05, 4.69) is 63.5 Å². The maximum Gasteiger partial charge on any atom is 0.372 e. The van der Waals surface area contributed by atoms with Crippen molar-refractivity contribution in [2.75, 3.05) is 56.6 Å². The summed E-state index contributed by atoms with van der Waals surface area (Å²) in [6.07, 6.45) is -6.25. The monoisotopic (exact) mass is 1360 g/mol. The van der Waals surface area contributed by atoms with E-state index in [1.54, 1.807) is 0 Å². The van der Waals surface area contributed by atoms with Crippen molar-refractivity contribution >= 4 is 101 Å². The number of aliphatic imine (C=N–C) groups is 1. The third kappa shape index (κ3) is 23.7. The number of ketones is 1. The molecular weight excluding hydrogens is 1280 g/mol. The van der Waals surface area contributed by atoms with Gasteiger partial charge in [0, 0.05) is 57.2 Å². The van der Waals surface area contributed by atoms with Crippen LogP contribution in [0.15, 0.2) is 28.0 Å². The number of carboxylic acid groups (broad SMARTS) is 1. The second kappa shape index (κ2) is 38.3. The molecule has 530 valence electrons. The molecule has 11 unspecified atom stereocenters. The molecule has 11 atom stereocenters. The van der Waals surface area contributed by atoms with Gasteiger partial charge in [0.2, 0.25) is 83.1 Å². The highest BCUT2D eigenvalue weighted by molar-refractivity contribution is 6.33. The molecule has 1 aliphatic carbocycles. The molecule has 0 saturated carbocycles. The van der Waals surface area contributed by atoms with Gasteiger partial charge in [0.1, 0.15) is 60.2 Å². The number of nitrogens with one attached hydrogen (secondary N) is 11. The lowest BCUT2D eigenvalue weighted by Gasteiger charge is -2.34. The molecule has 40 nitrogen and oxygen atoms in total. The number of fused-ring (bicyclic) bond motifs is 3. The fourth-order valence-electron chi connectivity index (χ4n) is 9.94. The summed E-state index contributed by atoms with van der Waals surface area (Å²) in [5.41, 5.74) is 10.1. The molecule has 96 heavy (non-hydrogen) atoms. The number of guanidine groups is 1. The summed E-state index contributed by atoms with van der Waals surface area (Å²) < 4.78 is 1.25. The van der Waals surface area contributed by atoms with Crippen LogP contribution in [-0.4, -0.2) is 252 Å². The van der Waals surface area contributed by atoms with Crippen molar-refractivity contribution in [3.05, 3.63) is 28.4 Å². The van der Waals surface area contributed by atoms with Gasteiger partial charge in [-0.15, -0.1) is 0 Å². The molecule has 4 rings (SSSR count). The number of benzene rings is 1. The minimum absolute atomic E-state index is 0.00209. The first-order valence-electron chi connectivity index (χ1n) is 30.3. The number of hydrogen-bond donors (Lipinski definition) is 21. The Balaban J connectivity index is 1.63. The van der Waals surface area contributed by atoms with Crippen LogP contribution in [0.25, 0.3) is 11.3 Å². The molecule has 1 saturated heterocycles. The van der Waals surface area contributed by atoms with Crippen LogP contribution in [0.4, 0.5) is 11.5 Å². The number of nitrogens with zero attached hydrogens (tertiary/aromatic N) is 4. The average Bonchev–Trinajstić information content (AvgIpc) is 0.750. The Labute approximate surface area is 546 Å². The number of aromatic hydroxyl groups is 1. The van der Waals surface area contributed by atoms with Crippen LogP contribution in [0, 0.1) is 0 Å². The molecule has 3 heterocycles. The van der Waals surface area contributed by atoms with Crippen molar-refractivity contribution in [3.8, 4) is 17.0 Å². The smallest absolute Gasteiger partial charge is 0.372 e. The Morgan fingerprint density at radius 2 is 1.26 bits per heavy atom. The minimum Gasteiger partial charge on any atom is -0.504 e. The van der Waals surface area contributed by atoms with E-state index in [-0.39, 0.29) is 136 Å². The summed E-state index contributed by atoms with van der Waals surface area (Å²) in [4.78, 5) is 201. The van der Waals surface area contributed by atoms with E-state index < -0.39 is 188 Å². The third-order valence-electron chi connectivity index (χ3n) is 15.0. The summed E-state index contributed by atoms with van der Waals surface area (Å²) in [5.74, 6) is -14.9. The first-order valence-corrected chi connectivity index (χ1v) is 30.3. The fourth-order valence-corrected chi connectivity index (χ4v) is 9.94. The first kappa shape index (κ1) is 78.3. The highest BCUT2D eigenvalue weighted by Crippen LogP contribution is 2.40. The molecule has 0 bridgehead atoms. The van der Waals surface area contributed by atoms with Gasteiger partial charge < -0.3 is 105 Å². The number of anilines is 2. The van der Waals surface area contributed by atoms with Crippen LogP contribution in [0.2, 0.25) is 0 Å². The van der Waals surface area contributed by atoms with Crippen LogP contribution < -0.4 is 75.4 Å². The number of aliphatic hydroxyl groups is 4. The molecule has 12 amide bonds. The normalized spacial score (nSPS) is 19.5. The zero-order valence-corrected chi connectivity index (χ0v) is 52.3. The van der Waals surface area contributed by atoms with Crippen molar-refractivity contribution in [3.63, 3.8) is 0 Å². The van der Waals surface area contributed by atoms with Crippen LogP contribution in [0.5, 0.6) is 5.75 Å². The van der Waals surface area contributed by atoms with Crippen LogP contribution in [-0.2, 0) is 67.1 Å². The predicted octanol–water partition coefficient (Wildman–Crippen LogP) is -8.38. The third-order valence-corrected chi connectivity index (χ3v) is 15.0. The van der Waals surface area contributed by atoms with E-state index in [0.717, 1.165) is 19.1 Å². The molecule has 0 spiro atoms. The number of aromatic nitrogens is 1. The highest BCUT2D eigenvalue weighted by atomic mass is 16.5. The van der Waals surface area contributed by atoms with Gasteiger partial charge >= 0.3 is 5.97 Å². The van der Waals surface area contributed by atoms with E-state index in [9.17, 15) is 108 Å². The molecule has 40 heteroatoms. The number of amides is 12.